The number of hydrogen-bond donors (Lipinski definition) is 4. The van der Waals surface area contributed by atoms with Crippen LogP contribution in [0.3, 0.4) is 0 Å². The Labute approximate surface area is 161 Å². The third kappa shape index (κ3) is 4.85. The summed E-state index contributed by atoms with van der Waals surface area (Å²) in [5.74, 6) is -0.817. The molecule has 7 nitrogen and oxygen atoms in total. The average molecular weight is 379 g/mol. The Morgan fingerprint density at radius 2 is 1.89 bits per heavy atom. The molecule has 0 saturated heterocycles. The van der Waals surface area contributed by atoms with Crippen molar-refractivity contribution in [1.29, 1.82) is 0 Å². The van der Waals surface area contributed by atoms with E-state index in [4.69, 9.17) is 10.0 Å². The Morgan fingerprint density at radius 3 is 2.64 bits per heavy atom. The molecule has 0 aliphatic rings. The number of hydroxylamine groups is 2. The van der Waals surface area contributed by atoms with Gasteiger partial charge >= 0.3 is 0 Å². The molecule has 3 aromatic rings. The van der Waals surface area contributed by atoms with E-state index in [1.54, 1.807) is 18.2 Å². The van der Waals surface area contributed by atoms with Crippen LogP contribution >= 0.6 is 0 Å². The molecule has 3 rings (SSSR count). The van der Waals surface area contributed by atoms with Crippen molar-refractivity contribution in [3.63, 3.8) is 0 Å². The Kier molecular flexibility index (Phi) is 6.21. The molecular weight excluding hydrogens is 358 g/mol. The molecule has 2 amide bonds. The van der Waals surface area contributed by atoms with Gasteiger partial charge in [-0.1, -0.05) is 42.5 Å². The summed E-state index contributed by atoms with van der Waals surface area (Å²) in [6.07, 6.45) is 3.02. The minimum atomic E-state index is -0.597. The summed E-state index contributed by atoms with van der Waals surface area (Å²) >= 11 is 0. The molecule has 28 heavy (non-hydrogen) atoms. The van der Waals surface area contributed by atoms with Crippen LogP contribution < -0.4 is 11.0 Å². The number of nitrogens with one attached hydrogen (secondary N) is 3. The van der Waals surface area contributed by atoms with E-state index in [1.807, 2.05) is 43.3 Å². The second-order valence-electron chi connectivity index (χ2n) is 6.32. The fourth-order valence-corrected chi connectivity index (χ4v) is 2.89. The van der Waals surface area contributed by atoms with Crippen LogP contribution in [0.4, 0.5) is 0 Å². The lowest BCUT2D eigenvalue weighted by Crippen LogP contribution is -2.25. The summed E-state index contributed by atoms with van der Waals surface area (Å²) in [5.41, 5.74) is 8.60. The quantitative estimate of drug-likeness (QED) is 0.288. The highest BCUT2D eigenvalue weighted by atomic mass is 16.6. The maximum absolute atomic E-state index is 12.2. The summed E-state index contributed by atoms with van der Waals surface area (Å²) in [6, 6.07) is 15.1. The standard InChI is InChI=1S/C21H21N3O4/c1-14-18(17-4-2-3-5-19(17)22-14)12-21(26)24-28-13-16-8-6-15(7-9-16)10-11-20(25)23-27/h2-11,22,27H,12-13H2,1H3,(H,23,25)(H,24,26)/b11-10+. The van der Waals surface area contributed by atoms with Gasteiger partial charge in [-0.05, 0) is 35.8 Å². The highest BCUT2D eigenvalue weighted by Gasteiger charge is 2.12. The van der Waals surface area contributed by atoms with Crippen LogP contribution in [-0.4, -0.2) is 22.0 Å². The maximum atomic E-state index is 12.2. The third-order valence-corrected chi connectivity index (χ3v) is 4.31. The van der Waals surface area contributed by atoms with Crippen molar-refractivity contribution in [2.45, 2.75) is 20.0 Å². The molecule has 0 aliphatic carbocycles. The normalized spacial score (nSPS) is 11.1. The topological polar surface area (TPSA) is 103 Å². The van der Waals surface area contributed by atoms with Crippen molar-refractivity contribution in [3.8, 4) is 0 Å². The van der Waals surface area contributed by atoms with Crippen molar-refractivity contribution in [3.05, 3.63) is 77.0 Å². The Balaban J connectivity index is 1.50. The third-order valence-electron chi connectivity index (χ3n) is 4.31. The molecular formula is C21H21N3O4. The van der Waals surface area contributed by atoms with E-state index in [-0.39, 0.29) is 18.9 Å². The number of amides is 2. The number of H-pyrrole nitrogens is 1. The van der Waals surface area contributed by atoms with Gasteiger partial charge in [0, 0.05) is 22.7 Å². The van der Waals surface area contributed by atoms with Crippen LogP contribution in [0.5, 0.6) is 0 Å². The first-order chi connectivity index (χ1) is 13.6. The number of rotatable bonds is 7. The molecule has 144 valence electrons. The number of carbonyl (C=O) groups excluding carboxylic acids is 2. The fraction of sp³-hybridized carbons (Fsp3) is 0.143. The van der Waals surface area contributed by atoms with Crippen molar-refractivity contribution >= 4 is 28.8 Å². The van der Waals surface area contributed by atoms with Gasteiger partial charge in [0.25, 0.3) is 5.91 Å². The van der Waals surface area contributed by atoms with Gasteiger partial charge in [0.1, 0.15) is 0 Å². The predicted octanol–water partition coefficient (Wildman–Crippen LogP) is 2.79. The van der Waals surface area contributed by atoms with Gasteiger partial charge in [0.05, 0.1) is 13.0 Å². The summed E-state index contributed by atoms with van der Waals surface area (Å²) in [6.45, 7) is 2.17. The van der Waals surface area contributed by atoms with Gasteiger partial charge in [0.2, 0.25) is 5.91 Å². The van der Waals surface area contributed by atoms with Gasteiger partial charge in [0.15, 0.2) is 0 Å². The second kappa shape index (κ2) is 8.98. The monoisotopic (exact) mass is 379 g/mol. The molecule has 0 atom stereocenters. The highest BCUT2D eigenvalue weighted by molar-refractivity contribution is 5.91. The van der Waals surface area contributed by atoms with Gasteiger partial charge in [-0.3, -0.25) is 19.6 Å². The SMILES string of the molecule is Cc1[nH]c2ccccc2c1CC(=O)NOCc1ccc(/C=C/C(=O)NO)cc1. The molecule has 4 N–H and O–H groups in total. The lowest BCUT2D eigenvalue weighted by atomic mass is 10.1. The summed E-state index contributed by atoms with van der Waals surface area (Å²) in [7, 11) is 0. The maximum Gasteiger partial charge on any atom is 0.267 e. The predicted molar refractivity (Wildman–Crippen MR) is 105 cm³/mol. The van der Waals surface area contributed by atoms with Crippen LogP contribution in [0, 0.1) is 6.92 Å². The molecule has 7 heteroatoms. The Morgan fingerprint density at radius 1 is 1.14 bits per heavy atom. The molecule has 0 aliphatic heterocycles. The van der Waals surface area contributed by atoms with Crippen molar-refractivity contribution < 1.29 is 19.6 Å². The lowest BCUT2D eigenvalue weighted by Gasteiger charge is -2.07. The molecule has 0 spiro atoms. The van der Waals surface area contributed by atoms with E-state index < -0.39 is 5.91 Å². The van der Waals surface area contributed by atoms with Gasteiger partial charge in [-0.15, -0.1) is 0 Å². The number of aromatic amines is 1. The number of fused-ring (bicyclic) bond motifs is 1. The Bertz CT molecular complexity index is 1010. The van der Waals surface area contributed by atoms with Crippen LogP contribution in [0.25, 0.3) is 17.0 Å². The molecule has 2 aromatic carbocycles. The van der Waals surface area contributed by atoms with E-state index in [0.717, 1.165) is 33.3 Å². The van der Waals surface area contributed by atoms with E-state index in [1.165, 1.54) is 11.6 Å². The zero-order valence-electron chi connectivity index (χ0n) is 15.4. The number of carbonyl (C=O) groups is 2. The molecule has 1 aromatic heterocycles. The molecule has 0 bridgehead atoms. The van der Waals surface area contributed by atoms with Gasteiger partial charge < -0.3 is 4.98 Å². The lowest BCUT2D eigenvalue weighted by molar-refractivity contribution is -0.133. The van der Waals surface area contributed by atoms with E-state index in [2.05, 4.69) is 10.5 Å². The van der Waals surface area contributed by atoms with Gasteiger partial charge in [-0.25, -0.2) is 11.0 Å². The minimum Gasteiger partial charge on any atom is -0.358 e. The first-order valence-electron chi connectivity index (χ1n) is 8.74. The molecule has 0 fully saturated rings. The number of aryl methyl sites for hydroxylation is 1. The van der Waals surface area contributed by atoms with Crippen LogP contribution in [0.1, 0.15) is 22.4 Å². The second-order valence-corrected chi connectivity index (χ2v) is 6.32. The van der Waals surface area contributed by atoms with Crippen LogP contribution in [-0.2, 0) is 27.5 Å². The first-order valence-corrected chi connectivity index (χ1v) is 8.74. The first kappa shape index (κ1) is 19.3. The zero-order valence-corrected chi connectivity index (χ0v) is 15.4. The highest BCUT2D eigenvalue weighted by Crippen LogP contribution is 2.22. The largest absolute Gasteiger partial charge is 0.358 e. The smallest absolute Gasteiger partial charge is 0.267 e. The average Bonchev–Trinajstić information content (AvgIpc) is 3.02. The summed E-state index contributed by atoms with van der Waals surface area (Å²) < 4.78 is 0. The summed E-state index contributed by atoms with van der Waals surface area (Å²) in [5, 5.41) is 9.48. The minimum absolute atomic E-state index is 0.220. The van der Waals surface area contributed by atoms with E-state index in [9.17, 15) is 9.59 Å². The van der Waals surface area contributed by atoms with Crippen molar-refractivity contribution in [2.24, 2.45) is 0 Å². The summed E-state index contributed by atoms with van der Waals surface area (Å²) in [4.78, 5) is 31.8. The van der Waals surface area contributed by atoms with Gasteiger partial charge in [-0.2, -0.15) is 0 Å². The van der Waals surface area contributed by atoms with E-state index in [0.29, 0.717) is 0 Å². The number of hydrogen-bond acceptors (Lipinski definition) is 4. The fourth-order valence-electron chi connectivity index (χ4n) is 2.89. The number of benzene rings is 2. The van der Waals surface area contributed by atoms with Crippen LogP contribution in [0.15, 0.2) is 54.6 Å². The molecule has 0 unspecified atom stereocenters. The van der Waals surface area contributed by atoms with E-state index >= 15 is 0 Å². The molecule has 0 radical (unpaired) electrons. The number of aromatic nitrogens is 1. The molecule has 1 heterocycles. The molecule has 0 saturated carbocycles. The zero-order chi connectivity index (χ0) is 19.9. The number of para-hydroxylation sites is 1. The Hall–Kier alpha value is -3.42. The van der Waals surface area contributed by atoms with Crippen molar-refractivity contribution in [1.82, 2.24) is 15.9 Å². The van der Waals surface area contributed by atoms with Crippen molar-refractivity contribution in [2.75, 3.05) is 0 Å². The van der Waals surface area contributed by atoms with Crippen LogP contribution in [0.2, 0.25) is 0 Å².